The second-order valence-electron chi connectivity index (χ2n) is 6.87. The average Bonchev–Trinajstić information content (AvgIpc) is 2.78. The fourth-order valence-electron chi connectivity index (χ4n) is 2.86. The monoisotopic (exact) mass is 403 g/mol. The van der Waals surface area contributed by atoms with Gasteiger partial charge in [-0.15, -0.1) is 0 Å². The molecular formula is C25H25NO4. The summed E-state index contributed by atoms with van der Waals surface area (Å²) in [5.74, 6) is 0.383. The van der Waals surface area contributed by atoms with Gasteiger partial charge in [0.15, 0.2) is 0 Å². The zero-order valence-electron chi connectivity index (χ0n) is 17.2. The number of benzene rings is 3. The number of aliphatic imine (C=N–C) groups is 1. The molecule has 3 aromatic rings. The fourth-order valence-corrected chi connectivity index (χ4v) is 2.86. The summed E-state index contributed by atoms with van der Waals surface area (Å²) in [4.78, 5) is 16.7. The molecule has 0 aromatic heterocycles. The number of phenolic OH excluding ortho intramolecular Hbond substituents is 1. The largest absolute Gasteiger partial charge is 0.507 e. The van der Waals surface area contributed by atoms with Gasteiger partial charge in [0, 0.05) is 17.8 Å². The average molecular weight is 403 g/mol. The normalized spacial score (nSPS) is 10.9. The number of hydrogen-bond donors (Lipinski definition) is 1. The molecule has 30 heavy (non-hydrogen) atoms. The molecule has 0 radical (unpaired) electrons. The lowest BCUT2D eigenvalue weighted by Crippen LogP contribution is -2.08. The minimum atomic E-state index is -0.512. The molecule has 0 bridgehead atoms. The van der Waals surface area contributed by atoms with Gasteiger partial charge in [-0.3, -0.25) is 4.99 Å². The van der Waals surface area contributed by atoms with E-state index < -0.39 is 5.97 Å². The number of esters is 1. The summed E-state index contributed by atoms with van der Waals surface area (Å²) < 4.78 is 10.4. The Morgan fingerprint density at radius 1 is 1.00 bits per heavy atom. The Morgan fingerprint density at radius 2 is 1.70 bits per heavy atom. The zero-order valence-corrected chi connectivity index (χ0v) is 17.2. The molecule has 0 unspecified atom stereocenters. The van der Waals surface area contributed by atoms with Crippen molar-refractivity contribution >= 4 is 17.9 Å². The van der Waals surface area contributed by atoms with Crippen LogP contribution in [0.1, 0.15) is 41.3 Å². The standard InChI is InChI=1S/C25H25NO4/c1-3-4-5-18-6-11-21(12-7-18)26-17-20-10-15-23(16-24(20)27)30-25(28)19-8-13-22(29-2)14-9-19/h6-17,27H,3-5H2,1-2H3. The molecule has 154 valence electrons. The predicted molar refractivity (Wildman–Crippen MR) is 118 cm³/mol. The molecule has 3 aromatic carbocycles. The van der Waals surface area contributed by atoms with Crippen LogP contribution in [-0.2, 0) is 6.42 Å². The highest BCUT2D eigenvalue weighted by Gasteiger charge is 2.10. The smallest absolute Gasteiger partial charge is 0.343 e. The number of phenols is 1. The van der Waals surface area contributed by atoms with Crippen LogP contribution < -0.4 is 9.47 Å². The van der Waals surface area contributed by atoms with Crippen molar-refractivity contribution in [3.05, 3.63) is 83.4 Å². The lowest BCUT2D eigenvalue weighted by Gasteiger charge is -2.07. The van der Waals surface area contributed by atoms with Gasteiger partial charge in [0.1, 0.15) is 17.2 Å². The number of ether oxygens (including phenoxy) is 2. The van der Waals surface area contributed by atoms with Crippen molar-refractivity contribution in [2.45, 2.75) is 26.2 Å². The SMILES string of the molecule is CCCCc1ccc(N=Cc2ccc(OC(=O)c3ccc(OC)cc3)cc2O)cc1. The van der Waals surface area contributed by atoms with Crippen LogP contribution in [0, 0.1) is 0 Å². The van der Waals surface area contributed by atoms with Crippen LogP contribution in [0.15, 0.2) is 71.7 Å². The highest BCUT2D eigenvalue weighted by molar-refractivity contribution is 5.91. The number of rotatable bonds is 8. The van der Waals surface area contributed by atoms with Gasteiger partial charge in [0.25, 0.3) is 0 Å². The van der Waals surface area contributed by atoms with Gasteiger partial charge in [-0.1, -0.05) is 25.5 Å². The van der Waals surface area contributed by atoms with E-state index in [1.807, 2.05) is 12.1 Å². The number of unbranched alkanes of at least 4 members (excludes halogenated alkanes) is 1. The predicted octanol–water partition coefficient (Wildman–Crippen LogP) is 5.71. The van der Waals surface area contributed by atoms with E-state index >= 15 is 0 Å². The molecule has 0 spiro atoms. The Balaban J connectivity index is 1.64. The topological polar surface area (TPSA) is 68.1 Å². The summed E-state index contributed by atoms with van der Waals surface area (Å²) >= 11 is 0. The minimum absolute atomic E-state index is 0.0154. The molecular weight excluding hydrogens is 378 g/mol. The van der Waals surface area contributed by atoms with Crippen molar-refractivity contribution in [1.29, 1.82) is 0 Å². The van der Waals surface area contributed by atoms with E-state index in [0.717, 1.165) is 12.1 Å². The summed E-state index contributed by atoms with van der Waals surface area (Å²) in [7, 11) is 1.56. The lowest BCUT2D eigenvalue weighted by molar-refractivity contribution is 0.0734. The molecule has 0 heterocycles. The van der Waals surface area contributed by atoms with Gasteiger partial charge in [0.2, 0.25) is 0 Å². The molecule has 0 atom stereocenters. The number of aryl methyl sites for hydroxylation is 1. The van der Waals surface area contributed by atoms with Gasteiger partial charge in [-0.25, -0.2) is 4.79 Å². The molecule has 0 aliphatic heterocycles. The molecule has 5 heteroatoms. The molecule has 1 N–H and O–H groups in total. The van der Waals surface area contributed by atoms with E-state index in [0.29, 0.717) is 16.9 Å². The minimum Gasteiger partial charge on any atom is -0.507 e. The lowest BCUT2D eigenvalue weighted by atomic mass is 10.1. The van der Waals surface area contributed by atoms with Gasteiger partial charge in [0.05, 0.1) is 18.4 Å². The molecule has 0 saturated heterocycles. The number of carbonyl (C=O) groups is 1. The van der Waals surface area contributed by atoms with E-state index in [-0.39, 0.29) is 11.5 Å². The Hall–Kier alpha value is -3.60. The van der Waals surface area contributed by atoms with Crippen molar-refractivity contribution in [3.63, 3.8) is 0 Å². The van der Waals surface area contributed by atoms with Crippen molar-refractivity contribution < 1.29 is 19.4 Å². The van der Waals surface area contributed by atoms with E-state index in [9.17, 15) is 9.90 Å². The first-order valence-corrected chi connectivity index (χ1v) is 9.91. The highest BCUT2D eigenvalue weighted by Crippen LogP contribution is 2.24. The Morgan fingerprint density at radius 3 is 2.33 bits per heavy atom. The first-order valence-electron chi connectivity index (χ1n) is 9.91. The highest BCUT2D eigenvalue weighted by atomic mass is 16.5. The zero-order chi connectivity index (χ0) is 21.3. The van der Waals surface area contributed by atoms with Gasteiger partial charge in [-0.2, -0.15) is 0 Å². The van der Waals surface area contributed by atoms with Crippen LogP contribution in [-0.4, -0.2) is 24.4 Å². The summed E-state index contributed by atoms with van der Waals surface area (Å²) in [6, 6.07) is 19.4. The maximum absolute atomic E-state index is 12.2. The van der Waals surface area contributed by atoms with Crippen molar-refractivity contribution in [3.8, 4) is 17.2 Å². The number of aromatic hydroxyl groups is 1. The van der Waals surface area contributed by atoms with Crippen LogP contribution >= 0.6 is 0 Å². The van der Waals surface area contributed by atoms with Crippen LogP contribution in [0.4, 0.5) is 5.69 Å². The third-order valence-electron chi connectivity index (χ3n) is 4.65. The third kappa shape index (κ3) is 5.70. The van der Waals surface area contributed by atoms with Gasteiger partial charge >= 0.3 is 5.97 Å². The molecule has 0 aliphatic rings. The van der Waals surface area contributed by atoms with E-state index in [1.54, 1.807) is 49.7 Å². The first kappa shape index (κ1) is 21.1. The van der Waals surface area contributed by atoms with Crippen molar-refractivity contribution in [2.75, 3.05) is 7.11 Å². The number of hydrogen-bond acceptors (Lipinski definition) is 5. The maximum atomic E-state index is 12.2. The molecule has 0 amide bonds. The van der Waals surface area contributed by atoms with Crippen LogP contribution in [0.3, 0.4) is 0 Å². The Bertz CT molecular complexity index is 1010. The maximum Gasteiger partial charge on any atom is 0.343 e. The van der Waals surface area contributed by atoms with Gasteiger partial charge in [-0.05, 0) is 66.9 Å². The number of methoxy groups -OCH3 is 1. The number of carbonyl (C=O) groups excluding carboxylic acids is 1. The summed E-state index contributed by atoms with van der Waals surface area (Å²) in [5, 5.41) is 10.3. The summed E-state index contributed by atoms with van der Waals surface area (Å²) in [6.07, 6.45) is 5.00. The Labute approximate surface area is 176 Å². The first-order chi connectivity index (χ1) is 14.6. The van der Waals surface area contributed by atoms with Crippen LogP contribution in [0.2, 0.25) is 0 Å². The second kappa shape index (κ2) is 10.3. The molecule has 0 saturated carbocycles. The van der Waals surface area contributed by atoms with Crippen molar-refractivity contribution in [1.82, 2.24) is 0 Å². The second-order valence-corrected chi connectivity index (χ2v) is 6.87. The molecule has 0 fully saturated rings. The molecule has 3 rings (SSSR count). The molecule has 0 aliphatic carbocycles. The quantitative estimate of drug-likeness (QED) is 0.297. The number of nitrogens with zero attached hydrogens (tertiary/aromatic N) is 1. The summed E-state index contributed by atoms with van der Waals surface area (Å²) in [6.45, 7) is 2.18. The van der Waals surface area contributed by atoms with Crippen LogP contribution in [0.25, 0.3) is 0 Å². The van der Waals surface area contributed by atoms with Crippen molar-refractivity contribution in [2.24, 2.45) is 4.99 Å². The fraction of sp³-hybridized carbons (Fsp3) is 0.200. The third-order valence-corrected chi connectivity index (χ3v) is 4.65. The Kier molecular flexibility index (Phi) is 7.22. The van der Waals surface area contributed by atoms with Gasteiger partial charge < -0.3 is 14.6 Å². The van der Waals surface area contributed by atoms with Crippen LogP contribution in [0.5, 0.6) is 17.2 Å². The molecule has 5 nitrogen and oxygen atoms in total. The summed E-state index contributed by atoms with van der Waals surface area (Å²) in [5.41, 5.74) is 3.03. The van der Waals surface area contributed by atoms with E-state index in [4.69, 9.17) is 9.47 Å². The van der Waals surface area contributed by atoms with E-state index in [2.05, 4.69) is 24.0 Å². The van der Waals surface area contributed by atoms with E-state index in [1.165, 1.54) is 24.5 Å².